The number of carbonyl (C=O) groups excluding carboxylic acids is 2. The van der Waals surface area contributed by atoms with Crippen molar-refractivity contribution < 1.29 is 9.59 Å². The molecule has 0 radical (unpaired) electrons. The first kappa shape index (κ1) is 12.8. The predicted molar refractivity (Wildman–Crippen MR) is 79.1 cm³/mol. The summed E-state index contributed by atoms with van der Waals surface area (Å²) in [6, 6.07) is 4.14. The number of rotatable bonds is 3. The Labute approximate surface area is 119 Å². The number of hydrogen-bond donors (Lipinski definition) is 0. The van der Waals surface area contributed by atoms with Gasteiger partial charge in [0.2, 0.25) is 0 Å². The van der Waals surface area contributed by atoms with E-state index in [9.17, 15) is 9.59 Å². The largest absolute Gasteiger partial charge is 0.335 e. The van der Waals surface area contributed by atoms with Gasteiger partial charge in [-0.25, -0.2) is 0 Å². The molecule has 0 bridgehead atoms. The quantitative estimate of drug-likeness (QED) is 0.868. The Bertz CT molecular complexity index is 600. The number of Topliss-reactive ketones (excluding diaryl/α,β-unsaturated/α-hetero) is 1. The second kappa shape index (κ2) is 5.06. The number of thiophene rings is 2. The van der Waals surface area contributed by atoms with Gasteiger partial charge in [0.1, 0.15) is 5.78 Å². The molecule has 1 amide bonds. The summed E-state index contributed by atoms with van der Waals surface area (Å²) in [6.45, 7) is 2.38. The van der Waals surface area contributed by atoms with E-state index in [2.05, 4.69) is 6.07 Å². The molecule has 1 atom stereocenters. The van der Waals surface area contributed by atoms with Gasteiger partial charge in [-0.3, -0.25) is 9.59 Å². The van der Waals surface area contributed by atoms with Gasteiger partial charge in [0.05, 0.1) is 4.88 Å². The summed E-state index contributed by atoms with van der Waals surface area (Å²) in [7, 11) is 0. The smallest absolute Gasteiger partial charge is 0.264 e. The molecule has 2 aromatic rings. The maximum atomic E-state index is 12.5. The lowest BCUT2D eigenvalue weighted by Gasteiger charge is -2.23. The molecule has 1 unspecified atom stereocenters. The molecule has 0 saturated carbocycles. The second-order valence-electron chi connectivity index (χ2n) is 4.96. The SMILES string of the molecule is CC(=O)CC1CCCN1C(=O)c1cc2sccc2s1. The fourth-order valence-electron chi connectivity index (χ4n) is 2.66. The van der Waals surface area contributed by atoms with E-state index in [1.54, 1.807) is 29.6 Å². The zero-order chi connectivity index (χ0) is 13.4. The van der Waals surface area contributed by atoms with Crippen molar-refractivity contribution >= 4 is 43.8 Å². The summed E-state index contributed by atoms with van der Waals surface area (Å²) in [5.74, 6) is 0.258. The van der Waals surface area contributed by atoms with Crippen LogP contribution in [0.2, 0.25) is 0 Å². The van der Waals surface area contributed by atoms with Crippen LogP contribution in [0.1, 0.15) is 35.9 Å². The van der Waals surface area contributed by atoms with Crippen molar-refractivity contribution in [1.82, 2.24) is 4.90 Å². The molecule has 1 aliphatic rings. The standard InChI is InChI=1S/C14H15NO2S2/c1-9(16)7-10-3-2-5-15(10)14(17)13-8-12-11(19-13)4-6-18-12/h4,6,8,10H,2-3,5,7H2,1H3. The minimum absolute atomic E-state index is 0.0946. The molecule has 19 heavy (non-hydrogen) atoms. The number of amides is 1. The van der Waals surface area contributed by atoms with Crippen LogP contribution >= 0.6 is 22.7 Å². The topological polar surface area (TPSA) is 37.4 Å². The van der Waals surface area contributed by atoms with E-state index in [1.807, 2.05) is 16.3 Å². The average molecular weight is 293 g/mol. The third-order valence-corrected chi connectivity index (χ3v) is 5.59. The number of carbonyl (C=O) groups is 2. The molecule has 1 fully saturated rings. The summed E-state index contributed by atoms with van der Waals surface area (Å²) in [4.78, 5) is 26.5. The predicted octanol–water partition coefficient (Wildman–Crippen LogP) is 3.55. The van der Waals surface area contributed by atoms with Gasteiger partial charge in [-0.1, -0.05) is 0 Å². The van der Waals surface area contributed by atoms with Crippen LogP contribution in [0.25, 0.3) is 9.40 Å². The van der Waals surface area contributed by atoms with Crippen molar-refractivity contribution in [2.45, 2.75) is 32.2 Å². The third kappa shape index (κ3) is 2.44. The zero-order valence-electron chi connectivity index (χ0n) is 10.7. The van der Waals surface area contributed by atoms with Crippen molar-refractivity contribution in [2.75, 3.05) is 6.54 Å². The Kier molecular flexibility index (Phi) is 3.41. The molecule has 3 heterocycles. The first-order valence-corrected chi connectivity index (χ1v) is 8.12. The van der Waals surface area contributed by atoms with Gasteiger partial charge in [-0.15, -0.1) is 22.7 Å². The van der Waals surface area contributed by atoms with Crippen LogP contribution in [0.3, 0.4) is 0 Å². The maximum absolute atomic E-state index is 12.5. The molecule has 0 spiro atoms. The van der Waals surface area contributed by atoms with E-state index in [-0.39, 0.29) is 17.7 Å². The highest BCUT2D eigenvalue weighted by molar-refractivity contribution is 7.27. The molecule has 0 N–H and O–H groups in total. The molecule has 0 aliphatic carbocycles. The van der Waals surface area contributed by atoms with Gasteiger partial charge >= 0.3 is 0 Å². The molecule has 1 aliphatic heterocycles. The van der Waals surface area contributed by atoms with Crippen molar-refractivity contribution in [2.24, 2.45) is 0 Å². The van der Waals surface area contributed by atoms with Crippen LogP contribution in [0, 0.1) is 0 Å². The van der Waals surface area contributed by atoms with Crippen LogP contribution in [0.15, 0.2) is 17.5 Å². The van der Waals surface area contributed by atoms with Gasteiger partial charge in [-0.05, 0) is 37.3 Å². The zero-order valence-corrected chi connectivity index (χ0v) is 12.4. The molecule has 3 nitrogen and oxygen atoms in total. The number of nitrogens with zero attached hydrogens (tertiary/aromatic N) is 1. The summed E-state index contributed by atoms with van der Waals surface area (Å²) in [5.41, 5.74) is 0. The average Bonchev–Trinajstić information content (AvgIpc) is 2.99. The van der Waals surface area contributed by atoms with Crippen LogP contribution < -0.4 is 0 Å². The fraction of sp³-hybridized carbons (Fsp3) is 0.429. The van der Waals surface area contributed by atoms with Gasteiger partial charge < -0.3 is 4.90 Å². The maximum Gasteiger partial charge on any atom is 0.264 e. The normalized spacial score (nSPS) is 19.2. The van der Waals surface area contributed by atoms with Gasteiger partial charge in [-0.2, -0.15) is 0 Å². The van der Waals surface area contributed by atoms with Crippen molar-refractivity contribution in [3.05, 3.63) is 22.4 Å². The molecular weight excluding hydrogens is 278 g/mol. The van der Waals surface area contributed by atoms with Crippen molar-refractivity contribution in [3.8, 4) is 0 Å². The molecule has 3 rings (SSSR count). The summed E-state index contributed by atoms with van der Waals surface area (Å²) < 4.78 is 2.35. The third-order valence-electron chi connectivity index (χ3n) is 3.51. The van der Waals surface area contributed by atoms with Gasteiger partial charge in [0.15, 0.2) is 0 Å². The molecule has 100 valence electrons. The Hall–Kier alpha value is -1.20. The van der Waals surface area contributed by atoms with E-state index < -0.39 is 0 Å². The lowest BCUT2D eigenvalue weighted by molar-refractivity contribution is -0.117. The van der Waals surface area contributed by atoms with Gasteiger partial charge in [0.25, 0.3) is 5.91 Å². The Morgan fingerprint density at radius 3 is 3.00 bits per heavy atom. The first-order chi connectivity index (χ1) is 9.15. The van der Waals surface area contributed by atoms with E-state index in [0.717, 1.165) is 24.3 Å². The minimum Gasteiger partial charge on any atom is -0.335 e. The number of likely N-dealkylation sites (tertiary alicyclic amines) is 1. The van der Waals surface area contributed by atoms with Crippen LogP contribution in [-0.4, -0.2) is 29.2 Å². The molecule has 2 aromatic heterocycles. The van der Waals surface area contributed by atoms with E-state index in [0.29, 0.717) is 6.42 Å². The number of ketones is 1. The Morgan fingerprint density at radius 1 is 1.42 bits per heavy atom. The minimum atomic E-state index is 0.0946. The number of hydrogen-bond acceptors (Lipinski definition) is 4. The van der Waals surface area contributed by atoms with E-state index >= 15 is 0 Å². The Morgan fingerprint density at radius 2 is 2.26 bits per heavy atom. The molecular formula is C14H15NO2S2. The van der Waals surface area contributed by atoms with Gasteiger partial charge in [0, 0.05) is 28.4 Å². The first-order valence-electron chi connectivity index (χ1n) is 6.42. The monoisotopic (exact) mass is 293 g/mol. The lowest BCUT2D eigenvalue weighted by atomic mass is 10.1. The molecule has 1 saturated heterocycles. The highest BCUT2D eigenvalue weighted by Crippen LogP contribution is 2.32. The van der Waals surface area contributed by atoms with E-state index in [1.165, 1.54) is 9.40 Å². The summed E-state index contributed by atoms with van der Waals surface area (Å²) in [6.07, 6.45) is 2.44. The highest BCUT2D eigenvalue weighted by Gasteiger charge is 2.30. The van der Waals surface area contributed by atoms with Crippen LogP contribution in [-0.2, 0) is 4.79 Å². The second-order valence-corrected chi connectivity index (χ2v) is 6.99. The fourth-order valence-corrected chi connectivity index (χ4v) is 4.72. The summed E-state index contributed by atoms with van der Waals surface area (Å²) >= 11 is 3.22. The van der Waals surface area contributed by atoms with E-state index in [4.69, 9.17) is 0 Å². The van der Waals surface area contributed by atoms with Crippen LogP contribution in [0.4, 0.5) is 0 Å². The lowest BCUT2D eigenvalue weighted by Crippen LogP contribution is -2.36. The highest BCUT2D eigenvalue weighted by atomic mass is 32.1. The van der Waals surface area contributed by atoms with Crippen molar-refractivity contribution in [1.29, 1.82) is 0 Å². The number of fused-ring (bicyclic) bond motifs is 1. The summed E-state index contributed by atoms with van der Waals surface area (Å²) in [5, 5.41) is 2.05. The Balaban J connectivity index is 1.82. The molecule has 5 heteroatoms. The van der Waals surface area contributed by atoms with Crippen LogP contribution in [0.5, 0.6) is 0 Å². The molecule has 0 aromatic carbocycles. The van der Waals surface area contributed by atoms with Crippen molar-refractivity contribution in [3.63, 3.8) is 0 Å².